The van der Waals surface area contributed by atoms with Gasteiger partial charge in [0.2, 0.25) is 5.91 Å². The molecule has 124 valence electrons. The molecule has 2 aliphatic carbocycles. The minimum atomic E-state index is 0.0485. The second-order valence-corrected chi connectivity index (χ2v) is 7.21. The summed E-state index contributed by atoms with van der Waals surface area (Å²) in [6.07, 6.45) is 6.08. The van der Waals surface area contributed by atoms with E-state index in [9.17, 15) is 9.59 Å². The lowest BCUT2D eigenvalue weighted by molar-refractivity contribution is -0.122. The Kier molecular flexibility index (Phi) is 4.81. The van der Waals surface area contributed by atoms with Gasteiger partial charge in [-0.1, -0.05) is 30.7 Å². The third-order valence-corrected chi connectivity index (χ3v) is 5.43. The number of nitrogens with two attached hydrogens (primary N) is 1. The topological polar surface area (TPSA) is 72.2 Å². The molecule has 0 spiro atoms. The smallest absolute Gasteiger partial charge is 0.224 e. The molecule has 1 aromatic carbocycles. The van der Waals surface area contributed by atoms with E-state index in [0.717, 1.165) is 18.4 Å². The fraction of sp³-hybridized carbons (Fsp3) is 0.579. The maximum absolute atomic E-state index is 12.4. The van der Waals surface area contributed by atoms with Crippen molar-refractivity contribution in [2.45, 2.75) is 57.5 Å². The fourth-order valence-electron chi connectivity index (χ4n) is 4.30. The first-order valence-electron chi connectivity index (χ1n) is 8.67. The second kappa shape index (κ2) is 6.83. The molecular weight excluding hydrogens is 288 g/mol. The number of Topliss-reactive ketones (excluding diaryl/α,β-unsaturated/α-hetero) is 1. The first-order valence-corrected chi connectivity index (χ1v) is 8.67. The van der Waals surface area contributed by atoms with E-state index in [1.807, 2.05) is 12.1 Å². The van der Waals surface area contributed by atoms with Gasteiger partial charge in [-0.15, -0.1) is 0 Å². The monoisotopic (exact) mass is 314 g/mol. The molecule has 0 saturated heterocycles. The van der Waals surface area contributed by atoms with Crippen molar-refractivity contribution in [3.8, 4) is 0 Å². The maximum Gasteiger partial charge on any atom is 0.224 e. The van der Waals surface area contributed by atoms with Crippen LogP contribution in [0.15, 0.2) is 24.3 Å². The van der Waals surface area contributed by atoms with E-state index < -0.39 is 0 Å². The molecule has 0 heterocycles. The number of rotatable bonds is 4. The number of carbonyl (C=O) groups is 2. The van der Waals surface area contributed by atoms with Crippen LogP contribution in [0.25, 0.3) is 0 Å². The van der Waals surface area contributed by atoms with Crippen molar-refractivity contribution in [3.63, 3.8) is 0 Å². The molecule has 4 heteroatoms. The van der Waals surface area contributed by atoms with Gasteiger partial charge in [0, 0.05) is 17.6 Å². The summed E-state index contributed by atoms with van der Waals surface area (Å²) in [7, 11) is 0. The summed E-state index contributed by atoms with van der Waals surface area (Å²) in [5.74, 6) is 1.22. The molecule has 2 bridgehead atoms. The number of ketones is 1. The van der Waals surface area contributed by atoms with E-state index in [2.05, 4.69) is 5.32 Å². The number of carbonyl (C=O) groups excluding carboxylic acids is 2. The van der Waals surface area contributed by atoms with Crippen LogP contribution in [0.5, 0.6) is 0 Å². The minimum absolute atomic E-state index is 0.0485. The molecule has 1 aromatic rings. The van der Waals surface area contributed by atoms with Gasteiger partial charge in [0.25, 0.3) is 0 Å². The van der Waals surface area contributed by atoms with Gasteiger partial charge in [-0.3, -0.25) is 9.59 Å². The third-order valence-electron chi connectivity index (χ3n) is 5.43. The van der Waals surface area contributed by atoms with E-state index in [-0.39, 0.29) is 11.7 Å². The Bertz CT molecular complexity index is 568. The summed E-state index contributed by atoms with van der Waals surface area (Å²) in [4.78, 5) is 23.7. The zero-order chi connectivity index (χ0) is 16.4. The Balaban J connectivity index is 1.59. The van der Waals surface area contributed by atoms with E-state index in [1.165, 1.54) is 19.3 Å². The predicted octanol–water partition coefficient (Wildman–Crippen LogP) is 2.45. The molecule has 3 N–H and O–H groups in total. The second-order valence-electron chi connectivity index (χ2n) is 7.21. The molecule has 4 nitrogen and oxygen atoms in total. The van der Waals surface area contributed by atoms with Crippen molar-refractivity contribution in [2.24, 2.45) is 17.6 Å². The van der Waals surface area contributed by atoms with Gasteiger partial charge >= 0.3 is 0 Å². The number of fused-ring (bicyclic) bond motifs is 2. The van der Waals surface area contributed by atoms with Gasteiger partial charge in [-0.2, -0.15) is 0 Å². The van der Waals surface area contributed by atoms with Crippen LogP contribution in [0.2, 0.25) is 0 Å². The van der Waals surface area contributed by atoms with Crippen molar-refractivity contribution in [1.82, 2.24) is 5.32 Å². The van der Waals surface area contributed by atoms with E-state index in [1.54, 1.807) is 19.1 Å². The molecule has 0 aliphatic heterocycles. The number of benzene rings is 1. The minimum Gasteiger partial charge on any atom is -0.353 e. The Morgan fingerprint density at radius 2 is 1.74 bits per heavy atom. The molecule has 0 radical (unpaired) electrons. The number of hydrogen-bond donors (Lipinski definition) is 2. The summed E-state index contributed by atoms with van der Waals surface area (Å²) >= 11 is 0. The van der Waals surface area contributed by atoms with Crippen molar-refractivity contribution >= 4 is 11.7 Å². The van der Waals surface area contributed by atoms with Gasteiger partial charge in [-0.05, 0) is 50.0 Å². The summed E-state index contributed by atoms with van der Waals surface area (Å²) in [6, 6.07) is 7.92. The van der Waals surface area contributed by atoms with Crippen LogP contribution in [-0.2, 0) is 11.2 Å². The fourth-order valence-corrected chi connectivity index (χ4v) is 4.30. The van der Waals surface area contributed by atoms with Crippen LogP contribution in [0.3, 0.4) is 0 Å². The molecular formula is C19H26N2O2. The molecule has 2 fully saturated rings. The lowest BCUT2D eigenvalue weighted by Crippen LogP contribution is -2.54. The van der Waals surface area contributed by atoms with Gasteiger partial charge < -0.3 is 11.1 Å². The van der Waals surface area contributed by atoms with Crippen LogP contribution in [0, 0.1) is 11.8 Å². The molecule has 2 aliphatic rings. The van der Waals surface area contributed by atoms with Crippen molar-refractivity contribution in [3.05, 3.63) is 35.4 Å². The summed E-state index contributed by atoms with van der Waals surface area (Å²) in [5, 5.41) is 3.27. The van der Waals surface area contributed by atoms with Gasteiger partial charge in [0.05, 0.1) is 6.42 Å². The van der Waals surface area contributed by atoms with E-state index >= 15 is 0 Å². The molecule has 2 saturated carbocycles. The predicted molar refractivity (Wildman–Crippen MR) is 90.1 cm³/mol. The molecule has 2 unspecified atom stereocenters. The maximum atomic E-state index is 12.4. The number of amides is 1. The molecule has 23 heavy (non-hydrogen) atoms. The highest BCUT2D eigenvalue weighted by Gasteiger charge is 2.39. The zero-order valence-corrected chi connectivity index (χ0v) is 13.8. The normalized spacial score (nSPS) is 29.8. The van der Waals surface area contributed by atoms with Gasteiger partial charge in [0.1, 0.15) is 0 Å². The highest BCUT2D eigenvalue weighted by atomic mass is 16.1. The van der Waals surface area contributed by atoms with Crippen LogP contribution < -0.4 is 11.1 Å². The lowest BCUT2D eigenvalue weighted by Gasteiger charge is -2.45. The van der Waals surface area contributed by atoms with Crippen LogP contribution in [0.4, 0.5) is 0 Å². The first-order chi connectivity index (χ1) is 11.0. The molecule has 3 rings (SSSR count). The highest BCUT2D eigenvalue weighted by molar-refractivity contribution is 5.94. The van der Waals surface area contributed by atoms with Crippen molar-refractivity contribution < 1.29 is 9.59 Å². The number of nitrogens with one attached hydrogen (secondary N) is 1. The average molecular weight is 314 g/mol. The molecule has 2 atom stereocenters. The highest BCUT2D eigenvalue weighted by Crippen LogP contribution is 2.39. The summed E-state index contributed by atoms with van der Waals surface area (Å²) in [5.41, 5.74) is 7.77. The Labute approximate surface area is 137 Å². The third kappa shape index (κ3) is 3.81. The van der Waals surface area contributed by atoms with Crippen LogP contribution >= 0.6 is 0 Å². The quantitative estimate of drug-likeness (QED) is 0.839. The Morgan fingerprint density at radius 1 is 1.13 bits per heavy atom. The summed E-state index contributed by atoms with van der Waals surface area (Å²) in [6.45, 7) is 1.55. The SMILES string of the molecule is CC(=O)c1ccc(CC(=O)NC2C3CCCC2CC(N)C3)cc1. The molecule has 0 aromatic heterocycles. The van der Waals surface area contributed by atoms with Crippen LogP contribution in [0.1, 0.15) is 54.9 Å². The largest absolute Gasteiger partial charge is 0.353 e. The lowest BCUT2D eigenvalue weighted by atomic mass is 9.67. The van der Waals surface area contributed by atoms with Gasteiger partial charge in [0.15, 0.2) is 5.78 Å². The van der Waals surface area contributed by atoms with Crippen molar-refractivity contribution in [2.75, 3.05) is 0 Å². The van der Waals surface area contributed by atoms with Crippen LogP contribution in [-0.4, -0.2) is 23.8 Å². The Morgan fingerprint density at radius 3 is 2.30 bits per heavy atom. The van der Waals surface area contributed by atoms with E-state index in [0.29, 0.717) is 35.9 Å². The molecule has 1 amide bonds. The average Bonchev–Trinajstić information content (AvgIpc) is 2.48. The van der Waals surface area contributed by atoms with E-state index in [4.69, 9.17) is 5.73 Å². The van der Waals surface area contributed by atoms with Crippen molar-refractivity contribution in [1.29, 1.82) is 0 Å². The zero-order valence-electron chi connectivity index (χ0n) is 13.8. The number of hydrogen-bond acceptors (Lipinski definition) is 3. The first kappa shape index (κ1) is 16.2. The van der Waals surface area contributed by atoms with Gasteiger partial charge in [-0.25, -0.2) is 0 Å². The summed E-state index contributed by atoms with van der Waals surface area (Å²) < 4.78 is 0. The standard InChI is InChI=1S/C19H26N2O2/c1-12(22)14-7-5-13(6-8-14)9-18(23)21-19-15-3-2-4-16(19)11-17(20)10-15/h5-8,15-17,19H,2-4,9-11,20H2,1H3,(H,21,23). The Hall–Kier alpha value is -1.68.